The predicted molar refractivity (Wildman–Crippen MR) is 114 cm³/mol. The molecule has 0 spiro atoms. The molecule has 0 heterocycles. The second kappa shape index (κ2) is 9.40. The van der Waals surface area contributed by atoms with Crippen LogP contribution >= 0.6 is 0 Å². The number of nitrogens with one attached hydrogen (secondary N) is 1. The molecule has 0 bridgehead atoms. The van der Waals surface area contributed by atoms with Crippen LogP contribution in [-0.2, 0) is 0 Å². The first kappa shape index (κ1) is 21.5. The second-order valence-electron chi connectivity index (χ2n) is 8.05. The highest BCUT2D eigenvalue weighted by Crippen LogP contribution is 2.27. The summed E-state index contributed by atoms with van der Waals surface area (Å²) in [7, 11) is 0. The lowest BCUT2D eigenvalue weighted by Gasteiger charge is -2.30. The number of hydrogen-bond acceptors (Lipinski definition) is 3. The van der Waals surface area contributed by atoms with Gasteiger partial charge in [0.25, 0.3) is 5.91 Å². The monoisotopic (exact) mass is 382 g/mol. The van der Waals surface area contributed by atoms with Crippen molar-refractivity contribution >= 4 is 23.3 Å². The SMILES string of the molecule is Cc1cccc(C(=O)Nc2ccc(N(CC(C)C)CC(C)C)c(C(=O)O)c2)c1. The molecular weight excluding hydrogens is 352 g/mol. The topological polar surface area (TPSA) is 69.6 Å². The maximum absolute atomic E-state index is 12.5. The van der Waals surface area contributed by atoms with Gasteiger partial charge in [0.05, 0.1) is 11.3 Å². The molecule has 0 saturated heterocycles. The molecule has 0 aromatic heterocycles. The Morgan fingerprint density at radius 2 is 1.64 bits per heavy atom. The van der Waals surface area contributed by atoms with Crippen LogP contribution in [0.4, 0.5) is 11.4 Å². The molecular formula is C23H30N2O3. The van der Waals surface area contributed by atoms with Crippen LogP contribution in [0.25, 0.3) is 0 Å². The Bertz CT molecular complexity index is 833. The Balaban J connectivity index is 2.33. The molecule has 0 aliphatic rings. The molecule has 150 valence electrons. The van der Waals surface area contributed by atoms with Crippen molar-refractivity contribution in [3.8, 4) is 0 Å². The van der Waals surface area contributed by atoms with E-state index in [-0.39, 0.29) is 11.5 Å². The number of rotatable bonds is 8. The number of carbonyl (C=O) groups is 2. The molecule has 0 aliphatic heterocycles. The summed E-state index contributed by atoms with van der Waals surface area (Å²) in [6.07, 6.45) is 0. The number of anilines is 2. The smallest absolute Gasteiger partial charge is 0.337 e. The number of benzene rings is 2. The minimum absolute atomic E-state index is 0.198. The Labute approximate surface area is 167 Å². The van der Waals surface area contributed by atoms with E-state index in [1.165, 1.54) is 0 Å². The lowest BCUT2D eigenvalue weighted by Crippen LogP contribution is -2.32. The van der Waals surface area contributed by atoms with Crippen LogP contribution in [0.1, 0.15) is 54.0 Å². The second-order valence-corrected chi connectivity index (χ2v) is 8.05. The summed E-state index contributed by atoms with van der Waals surface area (Å²) < 4.78 is 0. The first-order chi connectivity index (χ1) is 13.2. The first-order valence-corrected chi connectivity index (χ1v) is 9.67. The van der Waals surface area contributed by atoms with E-state index >= 15 is 0 Å². The van der Waals surface area contributed by atoms with E-state index in [9.17, 15) is 14.7 Å². The normalized spacial score (nSPS) is 11.0. The van der Waals surface area contributed by atoms with E-state index in [2.05, 4.69) is 37.9 Å². The lowest BCUT2D eigenvalue weighted by atomic mass is 10.1. The number of nitrogens with zero attached hydrogens (tertiary/aromatic N) is 1. The van der Waals surface area contributed by atoms with Crippen molar-refractivity contribution in [2.24, 2.45) is 11.8 Å². The van der Waals surface area contributed by atoms with Crippen LogP contribution in [-0.4, -0.2) is 30.1 Å². The maximum Gasteiger partial charge on any atom is 0.337 e. The standard InChI is InChI=1S/C23H30N2O3/c1-15(2)13-25(14-16(3)4)21-10-9-19(12-20(21)23(27)28)24-22(26)18-8-6-7-17(5)11-18/h6-12,15-16H,13-14H2,1-5H3,(H,24,26)(H,27,28). The third kappa shape index (κ3) is 5.84. The van der Waals surface area contributed by atoms with Gasteiger partial charge in [-0.2, -0.15) is 0 Å². The highest BCUT2D eigenvalue weighted by molar-refractivity contribution is 6.05. The van der Waals surface area contributed by atoms with Gasteiger partial charge in [-0.15, -0.1) is 0 Å². The number of carboxylic acids is 1. The fourth-order valence-corrected chi connectivity index (χ4v) is 3.20. The van der Waals surface area contributed by atoms with E-state index < -0.39 is 5.97 Å². The van der Waals surface area contributed by atoms with Gasteiger partial charge in [0.1, 0.15) is 0 Å². The van der Waals surface area contributed by atoms with Crippen LogP contribution in [0.2, 0.25) is 0 Å². The van der Waals surface area contributed by atoms with Gasteiger partial charge in [-0.25, -0.2) is 4.79 Å². The molecule has 0 radical (unpaired) electrons. The average Bonchev–Trinajstić information content (AvgIpc) is 2.60. The van der Waals surface area contributed by atoms with E-state index in [0.717, 1.165) is 18.7 Å². The van der Waals surface area contributed by atoms with Crippen LogP contribution in [0.3, 0.4) is 0 Å². The summed E-state index contributed by atoms with van der Waals surface area (Å²) in [6, 6.07) is 12.4. The number of carbonyl (C=O) groups excluding carboxylic acids is 1. The maximum atomic E-state index is 12.5. The summed E-state index contributed by atoms with van der Waals surface area (Å²) in [4.78, 5) is 26.5. The highest BCUT2D eigenvalue weighted by Gasteiger charge is 2.19. The minimum atomic E-state index is -1.00. The molecule has 2 aromatic rings. The third-order valence-electron chi connectivity index (χ3n) is 4.28. The number of aryl methyl sites for hydroxylation is 1. The van der Waals surface area contributed by atoms with Gasteiger partial charge in [0, 0.05) is 24.3 Å². The summed E-state index contributed by atoms with van der Waals surface area (Å²) in [5, 5.41) is 12.6. The van der Waals surface area contributed by atoms with Gasteiger partial charge >= 0.3 is 5.97 Å². The molecule has 2 N–H and O–H groups in total. The van der Waals surface area contributed by atoms with Gasteiger partial charge in [-0.05, 0) is 49.1 Å². The first-order valence-electron chi connectivity index (χ1n) is 9.67. The van der Waals surface area contributed by atoms with Crippen LogP contribution in [0.15, 0.2) is 42.5 Å². The van der Waals surface area contributed by atoms with Crippen LogP contribution in [0, 0.1) is 18.8 Å². The van der Waals surface area contributed by atoms with Gasteiger partial charge in [0.15, 0.2) is 0 Å². The zero-order valence-electron chi connectivity index (χ0n) is 17.3. The molecule has 2 aromatic carbocycles. The molecule has 0 atom stereocenters. The van der Waals surface area contributed by atoms with Crippen molar-refractivity contribution in [2.75, 3.05) is 23.3 Å². The molecule has 0 saturated carbocycles. The summed E-state index contributed by atoms with van der Waals surface area (Å²) >= 11 is 0. The fraction of sp³-hybridized carbons (Fsp3) is 0.391. The Kier molecular flexibility index (Phi) is 7.21. The summed E-state index contributed by atoms with van der Waals surface area (Å²) in [5.74, 6) is -0.449. The van der Waals surface area contributed by atoms with Gasteiger partial charge in [0.2, 0.25) is 0 Å². The van der Waals surface area contributed by atoms with Crippen molar-refractivity contribution in [1.29, 1.82) is 0 Å². The van der Waals surface area contributed by atoms with Gasteiger partial charge in [-0.3, -0.25) is 4.79 Å². The molecule has 0 unspecified atom stereocenters. The molecule has 1 amide bonds. The van der Waals surface area contributed by atoms with Crippen molar-refractivity contribution < 1.29 is 14.7 Å². The van der Waals surface area contributed by atoms with E-state index in [1.807, 2.05) is 19.1 Å². The summed E-state index contributed by atoms with van der Waals surface area (Å²) in [6.45, 7) is 11.9. The Morgan fingerprint density at radius 1 is 1.00 bits per heavy atom. The zero-order chi connectivity index (χ0) is 20.8. The largest absolute Gasteiger partial charge is 0.478 e. The predicted octanol–water partition coefficient (Wildman–Crippen LogP) is 5.06. The highest BCUT2D eigenvalue weighted by atomic mass is 16.4. The zero-order valence-corrected chi connectivity index (χ0v) is 17.3. The van der Waals surface area contributed by atoms with Crippen molar-refractivity contribution in [3.05, 3.63) is 59.2 Å². The lowest BCUT2D eigenvalue weighted by molar-refractivity contribution is 0.0697. The molecule has 5 nitrogen and oxygen atoms in total. The summed E-state index contributed by atoms with van der Waals surface area (Å²) in [5.41, 5.74) is 2.89. The molecule has 0 fully saturated rings. The molecule has 28 heavy (non-hydrogen) atoms. The van der Waals surface area contributed by atoms with Crippen LogP contribution < -0.4 is 10.2 Å². The van der Waals surface area contributed by atoms with E-state index in [4.69, 9.17) is 0 Å². The quantitative estimate of drug-likeness (QED) is 0.669. The van der Waals surface area contributed by atoms with Crippen molar-refractivity contribution in [1.82, 2.24) is 0 Å². The van der Waals surface area contributed by atoms with Crippen molar-refractivity contribution in [3.63, 3.8) is 0 Å². The molecule has 5 heteroatoms. The number of amides is 1. The Hall–Kier alpha value is -2.82. The Morgan fingerprint density at radius 3 is 2.18 bits per heavy atom. The van der Waals surface area contributed by atoms with Crippen LogP contribution in [0.5, 0.6) is 0 Å². The van der Waals surface area contributed by atoms with Gasteiger partial charge in [-0.1, -0.05) is 45.4 Å². The average molecular weight is 383 g/mol. The third-order valence-corrected chi connectivity index (χ3v) is 4.28. The fourth-order valence-electron chi connectivity index (χ4n) is 3.20. The van der Waals surface area contributed by atoms with E-state index in [0.29, 0.717) is 28.8 Å². The number of aromatic carboxylic acids is 1. The van der Waals surface area contributed by atoms with Crippen molar-refractivity contribution in [2.45, 2.75) is 34.6 Å². The number of carboxylic acid groups (broad SMARTS) is 1. The minimum Gasteiger partial charge on any atom is -0.478 e. The molecule has 2 rings (SSSR count). The molecule has 0 aliphatic carbocycles. The van der Waals surface area contributed by atoms with E-state index in [1.54, 1.807) is 30.3 Å². The van der Waals surface area contributed by atoms with Gasteiger partial charge < -0.3 is 15.3 Å². The number of hydrogen-bond donors (Lipinski definition) is 2.